The second kappa shape index (κ2) is 7.98. The molecular weight excluding hydrogens is 382 g/mol. The van der Waals surface area contributed by atoms with Crippen LogP contribution in [-0.2, 0) is 22.0 Å². The number of aryl methyl sites for hydroxylation is 1. The summed E-state index contributed by atoms with van der Waals surface area (Å²) in [5.74, 6) is 0.695. The van der Waals surface area contributed by atoms with E-state index < -0.39 is 15.6 Å². The van der Waals surface area contributed by atoms with Gasteiger partial charge in [-0.1, -0.05) is 30.3 Å². The summed E-state index contributed by atoms with van der Waals surface area (Å²) < 4.78 is 33.4. The minimum atomic E-state index is -3.50. The Morgan fingerprint density at radius 3 is 2.52 bits per heavy atom. The zero-order valence-electron chi connectivity index (χ0n) is 15.3. The van der Waals surface area contributed by atoms with Crippen LogP contribution in [-0.4, -0.2) is 32.9 Å². The Morgan fingerprint density at radius 2 is 1.85 bits per heavy atom. The SMILES string of the molecule is COc1ccc(CCS(=O)(=O)NC[C@](C)(O)c2cc3ccccc3s2)cc1. The zero-order valence-corrected chi connectivity index (χ0v) is 16.9. The summed E-state index contributed by atoms with van der Waals surface area (Å²) in [6.45, 7) is 1.56. The van der Waals surface area contributed by atoms with E-state index in [1.807, 2.05) is 54.6 Å². The monoisotopic (exact) mass is 405 g/mol. The molecule has 27 heavy (non-hydrogen) atoms. The number of benzene rings is 2. The van der Waals surface area contributed by atoms with Gasteiger partial charge in [0.25, 0.3) is 0 Å². The highest BCUT2D eigenvalue weighted by Crippen LogP contribution is 2.32. The number of aliphatic hydroxyl groups is 1. The summed E-state index contributed by atoms with van der Waals surface area (Å²) in [5, 5.41) is 11.8. The molecule has 144 valence electrons. The van der Waals surface area contributed by atoms with Crippen molar-refractivity contribution in [1.82, 2.24) is 4.72 Å². The molecule has 0 bridgehead atoms. The van der Waals surface area contributed by atoms with Crippen LogP contribution in [0.1, 0.15) is 17.4 Å². The molecule has 0 saturated heterocycles. The number of hydrogen-bond acceptors (Lipinski definition) is 5. The minimum Gasteiger partial charge on any atom is -0.497 e. The molecule has 0 radical (unpaired) electrons. The lowest BCUT2D eigenvalue weighted by molar-refractivity contribution is 0.0667. The summed E-state index contributed by atoms with van der Waals surface area (Å²) in [7, 11) is -1.91. The molecule has 2 aromatic carbocycles. The van der Waals surface area contributed by atoms with Crippen LogP contribution in [0.3, 0.4) is 0 Å². The first-order valence-corrected chi connectivity index (χ1v) is 11.1. The molecule has 1 heterocycles. The van der Waals surface area contributed by atoms with Crippen LogP contribution in [0.15, 0.2) is 54.6 Å². The topological polar surface area (TPSA) is 75.6 Å². The predicted molar refractivity (Wildman–Crippen MR) is 110 cm³/mol. The number of thiophene rings is 1. The van der Waals surface area contributed by atoms with E-state index in [1.54, 1.807) is 14.0 Å². The van der Waals surface area contributed by atoms with E-state index in [0.29, 0.717) is 6.42 Å². The number of sulfonamides is 1. The van der Waals surface area contributed by atoms with E-state index in [9.17, 15) is 13.5 Å². The molecule has 0 unspecified atom stereocenters. The van der Waals surface area contributed by atoms with Crippen LogP contribution in [0.4, 0.5) is 0 Å². The van der Waals surface area contributed by atoms with Crippen LogP contribution in [0.2, 0.25) is 0 Å². The van der Waals surface area contributed by atoms with Crippen molar-refractivity contribution in [3.8, 4) is 5.75 Å². The van der Waals surface area contributed by atoms with Gasteiger partial charge in [0.1, 0.15) is 11.4 Å². The number of nitrogens with one attached hydrogen (secondary N) is 1. The van der Waals surface area contributed by atoms with Crippen LogP contribution >= 0.6 is 11.3 Å². The number of rotatable bonds is 8. The van der Waals surface area contributed by atoms with Gasteiger partial charge in [0.05, 0.1) is 12.9 Å². The highest BCUT2D eigenvalue weighted by molar-refractivity contribution is 7.89. The van der Waals surface area contributed by atoms with Gasteiger partial charge in [-0.15, -0.1) is 11.3 Å². The van der Waals surface area contributed by atoms with Crippen molar-refractivity contribution >= 4 is 31.4 Å². The van der Waals surface area contributed by atoms with Gasteiger partial charge in [-0.25, -0.2) is 13.1 Å². The van der Waals surface area contributed by atoms with Crippen molar-refractivity contribution in [2.24, 2.45) is 0 Å². The van der Waals surface area contributed by atoms with Crippen LogP contribution in [0, 0.1) is 0 Å². The smallest absolute Gasteiger partial charge is 0.212 e. The highest BCUT2D eigenvalue weighted by Gasteiger charge is 2.27. The van der Waals surface area contributed by atoms with Gasteiger partial charge >= 0.3 is 0 Å². The summed E-state index contributed by atoms with van der Waals surface area (Å²) >= 11 is 1.47. The van der Waals surface area contributed by atoms with Gasteiger partial charge in [-0.05, 0) is 48.6 Å². The maximum absolute atomic E-state index is 12.3. The van der Waals surface area contributed by atoms with E-state index in [2.05, 4.69) is 4.72 Å². The van der Waals surface area contributed by atoms with Crippen LogP contribution in [0.5, 0.6) is 5.75 Å². The molecule has 2 N–H and O–H groups in total. The standard InChI is InChI=1S/C20H23NO4S2/c1-20(22,19-13-16-5-3-4-6-18(16)26-19)14-21-27(23,24)12-11-15-7-9-17(25-2)10-8-15/h3-10,13,21-22H,11-12,14H2,1-2H3/t20-/m0/s1. The third-order valence-electron chi connectivity index (χ3n) is 4.41. The van der Waals surface area contributed by atoms with Gasteiger partial charge in [0, 0.05) is 16.1 Å². The maximum Gasteiger partial charge on any atom is 0.212 e. The summed E-state index contributed by atoms with van der Waals surface area (Å²) in [4.78, 5) is 0.738. The van der Waals surface area contributed by atoms with E-state index >= 15 is 0 Å². The lowest BCUT2D eigenvalue weighted by Gasteiger charge is -2.22. The highest BCUT2D eigenvalue weighted by atomic mass is 32.2. The second-order valence-electron chi connectivity index (χ2n) is 6.66. The average molecular weight is 406 g/mol. The summed E-state index contributed by atoms with van der Waals surface area (Å²) in [6.07, 6.45) is 0.393. The molecule has 1 atom stereocenters. The fraction of sp³-hybridized carbons (Fsp3) is 0.300. The summed E-state index contributed by atoms with van der Waals surface area (Å²) in [6, 6.07) is 17.1. The van der Waals surface area contributed by atoms with Crippen LogP contribution in [0.25, 0.3) is 10.1 Å². The van der Waals surface area contributed by atoms with Crippen molar-refractivity contribution in [2.75, 3.05) is 19.4 Å². The van der Waals surface area contributed by atoms with Gasteiger partial charge in [0.15, 0.2) is 0 Å². The minimum absolute atomic E-state index is 0.0399. The first kappa shape index (κ1) is 19.8. The quantitative estimate of drug-likeness (QED) is 0.603. The largest absolute Gasteiger partial charge is 0.497 e. The third-order valence-corrected chi connectivity index (χ3v) is 7.11. The van der Waals surface area contributed by atoms with E-state index in [1.165, 1.54) is 11.3 Å². The van der Waals surface area contributed by atoms with Gasteiger partial charge in [0.2, 0.25) is 10.0 Å². The number of ether oxygens (including phenoxy) is 1. The summed E-state index contributed by atoms with van der Waals surface area (Å²) in [5.41, 5.74) is -0.353. The number of fused-ring (bicyclic) bond motifs is 1. The van der Waals surface area contributed by atoms with Crippen molar-refractivity contribution in [2.45, 2.75) is 18.9 Å². The molecule has 0 aliphatic carbocycles. The predicted octanol–water partition coefficient (Wildman–Crippen LogP) is 3.28. The lowest BCUT2D eigenvalue weighted by Crippen LogP contribution is -2.39. The molecule has 5 nitrogen and oxygen atoms in total. The van der Waals surface area contributed by atoms with Crippen molar-refractivity contribution in [1.29, 1.82) is 0 Å². The first-order valence-electron chi connectivity index (χ1n) is 8.61. The lowest BCUT2D eigenvalue weighted by atomic mass is 10.1. The number of hydrogen-bond donors (Lipinski definition) is 2. The van der Waals surface area contributed by atoms with E-state index in [0.717, 1.165) is 26.3 Å². The molecule has 0 fully saturated rings. The van der Waals surface area contributed by atoms with Gasteiger partial charge < -0.3 is 9.84 Å². The zero-order chi connectivity index (χ0) is 19.5. The molecule has 0 aliphatic heterocycles. The Hall–Kier alpha value is -1.93. The number of methoxy groups -OCH3 is 1. The van der Waals surface area contributed by atoms with E-state index in [-0.39, 0.29) is 12.3 Å². The Kier molecular flexibility index (Phi) is 5.86. The Bertz CT molecular complexity index is 975. The van der Waals surface area contributed by atoms with Crippen molar-refractivity contribution < 1.29 is 18.3 Å². The second-order valence-corrected chi connectivity index (χ2v) is 9.67. The van der Waals surface area contributed by atoms with E-state index in [4.69, 9.17) is 4.74 Å². The van der Waals surface area contributed by atoms with Gasteiger partial charge in [-0.3, -0.25) is 0 Å². The Balaban J connectivity index is 1.61. The molecule has 0 saturated carbocycles. The molecule has 0 amide bonds. The average Bonchev–Trinajstić information content (AvgIpc) is 3.11. The third kappa shape index (κ3) is 5.07. The molecule has 0 aliphatic rings. The molecule has 0 spiro atoms. The fourth-order valence-electron chi connectivity index (χ4n) is 2.70. The molecule has 3 rings (SSSR count). The van der Waals surface area contributed by atoms with Crippen molar-refractivity contribution in [3.05, 3.63) is 65.0 Å². The first-order chi connectivity index (χ1) is 12.8. The molecule has 3 aromatic rings. The molecular formula is C20H23NO4S2. The fourth-order valence-corrected chi connectivity index (χ4v) is 4.96. The van der Waals surface area contributed by atoms with Gasteiger partial charge in [-0.2, -0.15) is 0 Å². The normalized spacial score (nSPS) is 14.2. The Labute approximate surface area is 163 Å². The van der Waals surface area contributed by atoms with Crippen LogP contribution < -0.4 is 9.46 Å². The molecule has 1 aromatic heterocycles. The maximum atomic E-state index is 12.3. The Morgan fingerprint density at radius 1 is 1.15 bits per heavy atom. The molecule has 7 heteroatoms. The van der Waals surface area contributed by atoms with Crippen molar-refractivity contribution in [3.63, 3.8) is 0 Å².